The Morgan fingerprint density at radius 1 is 1.33 bits per heavy atom. The zero-order valence-corrected chi connectivity index (χ0v) is 9.79. The number of carbonyl (C=O) groups excluding carboxylic acids is 2. The van der Waals surface area contributed by atoms with Gasteiger partial charge in [-0.25, -0.2) is 14.9 Å². The quantitative estimate of drug-likeness (QED) is 0.754. The van der Waals surface area contributed by atoms with Crippen molar-refractivity contribution in [3.05, 3.63) is 0 Å². The number of amides is 3. The molecule has 5 heteroatoms. The van der Waals surface area contributed by atoms with Gasteiger partial charge in [-0.2, -0.15) is 0 Å². The van der Waals surface area contributed by atoms with Crippen LogP contribution in [0.15, 0.2) is 0 Å². The highest BCUT2D eigenvalue weighted by Gasteiger charge is 2.34. The van der Waals surface area contributed by atoms with Gasteiger partial charge in [0.2, 0.25) is 0 Å². The fourth-order valence-corrected chi connectivity index (χ4v) is 1.64. The average molecular weight is 216 g/mol. The third kappa shape index (κ3) is 3.77. The van der Waals surface area contributed by atoms with Crippen molar-refractivity contribution < 1.29 is 14.3 Å². The number of nitrogens with two attached hydrogens (primary N) is 1. The Hall–Kier alpha value is -1.26. The number of nitrogens with one attached hydrogen (secondary N) is 1. The number of rotatable bonds is 4. The summed E-state index contributed by atoms with van der Waals surface area (Å²) in [4.78, 5) is 21.7. The average Bonchev–Trinajstić information content (AvgIpc) is 2.12. The van der Waals surface area contributed by atoms with Crippen LogP contribution < -0.4 is 11.1 Å². The number of ether oxygens (including phenoxy) is 1. The van der Waals surface area contributed by atoms with Crippen LogP contribution in [0.1, 0.15) is 40.5 Å². The van der Waals surface area contributed by atoms with E-state index in [0.29, 0.717) is 12.8 Å². The fraction of sp³-hybridized carbons (Fsp3) is 0.800. The van der Waals surface area contributed by atoms with Crippen molar-refractivity contribution in [3.8, 4) is 0 Å². The maximum atomic E-state index is 11.3. The molecular formula is C10H20N2O3. The van der Waals surface area contributed by atoms with Crippen molar-refractivity contribution in [2.45, 2.75) is 46.1 Å². The molecule has 0 heterocycles. The molecule has 0 saturated heterocycles. The van der Waals surface area contributed by atoms with E-state index in [0.717, 1.165) is 0 Å². The molecule has 0 aromatic carbocycles. The van der Waals surface area contributed by atoms with Crippen LogP contribution in [0.4, 0.5) is 9.59 Å². The van der Waals surface area contributed by atoms with Gasteiger partial charge in [0.05, 0.1) is 0 Å². The maximum Gasteiger partial charge on any atom is 0.415 e. The van der Waals surface area contributed by atoms with Crippen LogP contribution in [0.5, 0.6) is 0 Å². The predicted octanol–water partition coefficient (Wildman–Crippen LogP) is 2.01. The zero-order chi connectivity index (χ0) is 12.1. The van der Waals surface area contributed by atoms with Crippen molar-refractivity contribution in [3.63, 3.8) is 0 Å². The molecule has 0 radical (unpaired) electrons. The van der Waals surface area contributed by atoms with Gasteiger partial charge >= 0.3 is 12.1 Å². The third-order valence-electron chi connectivity index (χ3n) is 2.77. The van der Waals surface area contributed by atoms with E-state index in [9.17, 15) is 9.59 Å². The van der Waals surface area contributed by atoms with E-state index < -0.39 is 17.7 Å². The minimum absolute atomic E-state index is 0.186. The molecule has 0 rings (SSSR count). The monoisotopic (exact) mass is 216 g/mol. The standard InChI is InChI=1S/C10H20N2O3/c1-5-10(6-2,7(3)4)15-9(14)12-8(11)13/h7H,5-6H2,1-4H3,(H3,11,12,13,14). The Bertz CT molecular complexity index is 235. The van der Waals surface area contributed by atoms with Crippen LogP contribution in [0.2, 0.25) is 0 Å². The number of alkyl carbamates (subject to hydrolysis) is 1. The molecule has 5 nitrogen and oxygen atoms in total. The summed E-state index contributed by atoms with van der Waals surface area (Å²) in [7, 11) is 0. The first-order valence-electron chi connectivity index (χ1n) is 5.17. The lowest BCUT2D eigenvalue weighted by atomic mass is 9.85. The molecule has 0 atom stereocenters. The molecule has 0 aliphatic heterocycles. The Kier molecular flexibility index (Phi) is 5.11. The van der Waals surface area contributed by atoms with E-state index in [4.69, 9.17) is 10.5 Å². The summed E-state index contributed by atoms with van der Waals surface area (Å²) in [6, 6.07) is -0.898. The summed E-state index contributed by atoms with van der Waals surface area (Å²) in [6.07, 6.45) is 0.626. The lowest BCUT2D eigenvalue weighted by Crippen LogP contribution is -2.45. The normalized spacial score (nSPS) is 11.3. The van der Waals surface area contributed by atoms with Crippen LogP contribution in [0.25, 0.3) is 0 Å². The van der Waals surface area contributed by atoms with E-state index >= 15 is 0 Å². The molecule has 0 unspecified atom stereocenters. The van der Waals surface area contributed by atoms with E-state index in [1.54, 1.807) is 0 Å². The van der Waals surface area contributed by atoms with Crippen molar-refractivity contribution in [2.75, 3.05) is 0 Å². The predicted molar refractivity (Wildman–Crippen MR) is 57.4 cm³/mol. The molecule has 0 aliphatic rings. The summed E-state index contributed by atoms with van der Waals surface area (Å²) in [5, 5.41) is 1.90. The summed E-state index contributed by atoms with van der Waals surface area (Å²) in [5.41, 5.74) is 4.29. The molecule has 0 saturated carbocycles. The van der Waals surface area contributed by atoms with Crippen LogP contribution in [-0.4, -0.2) is 17.7 Å². The summed E-state index contributed by atoms with van der Waals surface area (Å²) < 4.78 is 5.26. The van der Waals surface area contributed by atoms with Gasteiger partial charge in [0.1, 0.15) is 5.60 Å². The van der Waals surface area contributed by atoms with Crippen LogP contribution in [0.3, 0.4) is 0 Å². The molecule has 0 bridgehead atoms. The van der Waals surface area contributed by atoms with Crippen molar-refractivity contribution in [1.29, 1.82) is 0 Å². The molecule has 88 valence electrons. The van der Waals surface area contributed by atoms with Gasteiger partial charge < -0.3 is 10.5 Å². The molecule has 3 N–H and O–H groups in total. The number of hydrogen-bond acceptors (Lipinski definition) is 3. The smallest absolute Gasteiger partial charge is 0.415 e. The van der Waals surface area contributed by atoms with Gasteiger partial charge in [-0.05, 0) is 18.8 Å². The first kappa shape index (κ1) is 13.7. The van der Waals surface area contributed by atoms with Crippen LogP contribution in [0, 0.1) is 5.92 Å². The van der Waals surface area contributed by atoms with Crippen molar-refractivity contribution >= 4 is 12.1 Å². The van der Waals surface area contributed by atoms with E-state index in [2.05, 4.69) is 0 Å². The Morgan fingerprint density at radius 3 is 2.07 bits per heavy atom. The highest BCUT2D eigenvalue weighted by atomic mass is 16.6. The molecule has 0 fully saturated rings. The van der Waals surface area contributed by atoms with Gasteiger partial charge in [-0.15, -0.1) is 0 Å². The van der Waals surface area contributed by atoms with Gasteiger partial charge in [0.25, 0.3) is 0 Å². The molecule has 15 heavy (non-hydrogen) atoms. The number of urea groups is 1. The SMILES string of the molecule is CCC(CC)(OC(=O)NC(N)=O)C(C)C. The highest BCUT2D eigenvalue weighted by molar-refractivity contribution is 5.89. The van der Waals surface area contributed by atoms with E-state index in [-0.39, 0.29) is 5.92 Å². The van der Waals surface area contributed by atoms with Crippen LogP contribution in [-0.2, 0) is 4.74 Å². The molecule has 0 aliphatic carbocycles. The molecule has 0 aromatic rings. The second-order valence-electron chi connectivity index (χ2n) is 3.81. The second kappa shape index (κ2) is 5.58. The van der Waals surface area contributed by atoms with Gasteiger partial charge in [-0.3, -0.25) is 0 Å². The first-order valence-corrected chi connectivity index (χ1v) is 5.17. The molecule has 0 spiro atoms. The lowest BCUT2D eigenvalue weighted by molar-refractivity contribution is -0.0287. The van der Waals surface area contributed by atoms with Crippen molar-refractivity contribution in [2.24, 2.45) is 11.7 Å². The largest absolute Gasteiger partial charge is 0.442 e. The second-order valence-corrected chi connectivity index (χ2v) is 3.81. The molecule has 3 amide bonds. The minimum Gasteiger partial charge on any atom is -0.442 e. The first-order chi connectivity index (χ1) is 6.88. The summed E-state index contributed by atoms with van der Waals surface area (Å²) in [6.45, 7) is 7.84. The summed E-state index contributed by atoms with van der Waals surface area (Å²) >= 11 is 0. The molecule has 0 aromatic heterocycles. The Balaban J connectivity index is 4.54. The molecular weight excluding hydrogens is 196 g/mol. The van der Waals surface area contributed by atoms with Crippen molar-refractivity contribution in [1.82, 2.24) is 5.32 Å². The zero-order valence-electron chi connectivity index (χ0n) is 9.79. The van der Waals surface area contributed by atoms with Gasteiger partial charge in [0.15, 0.2) is 0 Å². The summed E-state index contributed by atoms with van der Waals surface area (Å²) in [5.74, 6) is 0.186. The van der Waals surface area contributed by atoms with Gasteiger partial charge in [0, 0.05) is 0 Å². The third-order valence-corrected chi connectivity index (χ3v) is 2.77. The topological polar surface area (TPSA) is 81.4 Å². The van der Waals surface area contributed by atoms with E-state index in [1.165, 1.54) is 0 Å². The highest BCUT2D eigenvalue weighted by Crippen LogP contribution is 2.29. The Labute approximate surface area is 90.4 Å². The number of hydrogen-bond donors (Lipinski definition) is 2. The van der Waals surface area contributed by atoms with E-state index in [1.807, 2.05) is 33.0 Å². The van der Waals surface area contributed by atoms with Gasteiger partial charge in [-0.1, -0.05) is 27.7 Å². The number of carbonyl (C=O) groups is 2. The maximum absolute atomic E-state index is 11.3. The van der Waals surface area contributed by atoms with Crippen LogP contribution >= 0.6 is 0 Å². The minimum atomic E-state index is -0.898. The lowest BCUT2D eigenvalue weighted by Gasteiger charge is -2.35. The Morgan fingerprint density at radius 2 is 1.80 bits per heavy atom. The number of imide groups is 1. The number of primary amides is 1. The fourth-order valence-electron chi connectivity index (χ4n) is 1.64.